The maximum atomic E-state index is 9.63. The predicted molar refractivity (Wildman–Crippen MR) is 66.1 cm³/mol. The zero-order valence-corrected chi connectivity index (χ0v) is 19.7. The molecule has 0 radical (unpaired) electrons. The van der Waals surface area contributed by atoms with E-state index in [0.29, 0.717) is 0 Å². The summed E-state index contributed by atoms with van der Waals surface area (Å²) in [5, 5.41) is 107. The molecular formula is C12H12Eu2O18. The van der Waals surface area contributed by atoms with Crippen molar-refractivity contribution in [2.24, 2.45) is 0 Å². The molecule has 0 bridgehead atoms. The van der Waals surface area contributed by atoms with Crippen molar-refractivity contribution in [2.45, 2.75) is 36.6 Å². The molecule has 0 amide bonds. The van der Waals surface area contributed by atoms with E-state index in [1.165, 1.54) is 0 Å². The van der Waals surface area contributed by atoms with Crippen LogP contribution in [0.4, 0.5) is 0 Å². The van der Waals surface area contributed by atoms with Gasteiger partial charge >= 0.3 is 98.8 Å². The van der Waals surface area contributed by atoms with Gasteiger partial charge in [0, 0.05) is 0 Å². The average Bonchev–Trinajstić information content (AvgIpc) is 2.64. The molecule has 0 aliphatic rings. The summed E-state index contributed by atoms with van der Waals surface area (Å²) in [4.78, 5) is 57.8. The Labute approximate surface area is 257 Å². The normalized spacial score (nSPS) is 14.8. The summed E-state index contributed by atoms with van der Waals surface area (Å²) in [6.07, 6.45) is -14.6. The van der Waals surface area contributed by atoms with Crippen molar-refractivity contribution in [3.63, 3.8) is 0 Å². The number of aliphatic hydroxyl groups is 6. The maximum absolute atomic E-state index is 9.63. The molecule has 32 heavy (non-hydrogen) atoms. The molecule has 0 fully saturated rings. The van der Waals surface area contributed by atoms with E-state index >= 15 is 0 Å². The van der Waals surface area contributed by atoms with Crippen molar-refractivity contribution in [1.29, 1.82) is 0 Å². The van der Waals surface area contributed by atoms with E-state index in [9.17, 15) is 59.4 Å². The third-order valence-electron chi connectivity index (χ3n) is 2.35. The molecule has 0 rings (SSSR count). The van der Waals surface area contributed by atoms with Crippen molar-refractivity contribution in [3.05, 3.63) is 0 Å². The van der Waals surface area contributed by atoms with Crippen LogP contribution in [0.1, 0.15) is 0 Å². The van der Waals surface area contributed by atoms with Gasteiger partial charge in [0.05, 0.1) is 35.8 Å². The quantitative estimate of drug-likeness (QED) is 0.127. The van der Waals surface area contributed by atoms with Gasteiger partial charge in [-0.15, -0.1) is 0 Å². The van der Waals surface area contributed by atoms with Crippen LogP contribution in [0.5, 0.6) is 0 Å². The van der Waals surface area contributed by atoms with E-state index in [0.717, 1.165) is 0 Å². The number of hydrogen-bond donors (Lipinski definition) is 6. The van der Waals surface area contributed by atoms with Gasteiger partial charge in [-0.2, -0.15) is 0 Å². The number of carbonyl (C=O) groups excluding carboxylic acids is 6. The van der Waals surface area contributed by atoms with Crippen molar-refractivity contribution in [3.8, 4) is 0 Å². The summed E-state index contributed by atoms with van der Waals surface area (Å²) in [5.41, 5.74) is 0. The Bertz CT molecular complexity index is 498. The molecule has 0 aromatic heterocycles. The van der Waals surface area contributed by atoms with E-state index < -0.39 is 72.4 Å². The Morgan fingerprint density at radius 2 is 0.406 bits per heavy atom. The van der Waals surface area contributed by atoms with Crippen LogP contribution >= 0.6 is 0 Å². The van der Waals surface area contributed by atoms with Gasteiger partial charge in [-0.05, 0) is 0 Å². The smallest absolute Gasteiger partial charge is 0.547 e. The zero-order chi connectivity index (χ0) is 24.9. The second-order valence-corrected chi connectivity index (χ2v) is 4.58. The molecule has 6 N–H and O–H groups in total. The Morgan fingerprint density at radius 3 is 0.438 bits per heavy atom. The summed E-state index contributed by atoms with van der Waals surface area (Å²) in [6, 6.07) is 0. The number of carboxylic acids is 6. The third kappa shape index (κ3) is 19.2. The van der Waals surface area contributed by atoms with Gasteiger partial charge in [0.25, 0.3) is 0 Å². The Hall–Kier alpha value is -0.251. The first-order valence-corrected chi connectivity index (χ1v) is 6.73. The summed E-state index contributed by atoms with van der Waals surface area (Å²) in [7, 11) is 0. The number of carbonyl (C=O) groups is 6. The monoisotopic (exact) mass is 750 g/mol. The van der Waals surface area contributed by atoms with Gasteiger partial charge in [-0.25, -0.2) is 0 Å². The third-order valence-corrected chi connectivity index (χ3v) is 2.35. The standard InChI is InChI=1S/3C4H6O6.2Eu/c3*5-1(3(7)8)2(6)4(9)10;;/h3*1-2,5-6H,(H,7,8)(H,9,10);;/q;;;2*+3/p-6. The molecule has 20 heteroatoms. The SMILES string of the molecule is O=C([O-])C(O)C(O)C(=O)[O-].O=C([O-])C(O)C(O)C(=O)[O-].O=C([O-])C(O)C(O)C(=O)[O-].[Eu+3].[Eu+3]. The number of aliphatic carboxylic acids is 6. The van der Waals surface area contributed by atoms with Crippen LogP contribution in [-0.4, -0.2) is 103 Å². The molecule has 6 unspecified atom stereocenters. The minimum atomic E-state index is -2.44. The first-order valence-electron chi connectivity index (χ1n) is 6.73. The maximum Gasteiger partial charge on any atom is 3.00 e. The molecule has 0 saturated heterocycles. The minimum absolute atomic E-state index is 0. The van der Waals surface area contributed by atoms with Gasteiger partial charge in [-0.3, -0.25) is 0 Å². The van der Waals surface area contributed by atoms with Crippen molar-refractivity contribution >= 4 is 35.8 Å². The van der Waals surface area contributed by atoms with E-state index in [1.807, 2.05) is 0 Å². The Kier molecular flexibility index (Phi) is 27.9. The van der Waals surface area contributed by atoms with Gasteiger partial charge in [0.2, 0.25) is 0 Å². The first-order chi connectivity index (χ1) is 13.4. The summed E-state index contributed by atoms with van der Waals surface area (Å²) in [5.74, 6) is -12.4. The van der Waals surface area contributed by atoms with Crippen LogP contribution < -0.4 is 30.6 Å². The van der Waals surface area contributed by atoms with Gasteiger partial charge < -0.3 is 90.0 Å². The topological polar surface area (TPSA) is 362 Å². The fourth-order valence-electron chi connectivity index (χ4n) is 0.773. The molecule has 182 valence electrons. The largest absolute Gasteiger partial charge is 3.00 e. The molecular weight excluding hydrogens is 736 g/mol. The number of carboxylic acid groups (broad SMARTS) is 6. The molecule has 0 spiro atoms. The fourth-order valence-corrected chi connectivity index (χ4v) is 0.773. The van der Waals surface area contributed by atoms with Crippen molar-refractivity contribution < 1.29 is 189 Å². The van der Waals surface area contributed by atoms with Crippen LogP contribution in [0.25, 0.3) is 0 Å². The van der Waals surface area contributed by atoms with Crippen LogP contribution in [0.2, 0.25) is 0 Å². The van der Waals surface area contributed by atoms with Gasteiger partial charge in [0.1, 0.15) is 36.6 Å². The number of rotatable bonds is 9. The zero-order valence-electron chi connectivity index (χ0n) is 14.8. The van der Waals surface area contributed by atoms with Crippen LogP contribution in [0.3, 0.4) is 0 Å². The fraction of sp³-hybridized carbons (Fsp3) is 0.500. The molecule has 0 aromatic carbocycles. The molecule has 0 aliphatic carbocycles. The van der Waals surface area contributed by atoms with Gasteiger partial charge in [0.15, 0.2) is 0 Å². The summed E-state index contributed by atoms with van der Waals surface area (Å²) in [6.45, 7) is 0. The molecule has 0 aliphatic heterocycles. The van der Waals surface area contributed by atoms with Gasteiger partial charge in [-0.1, -0.05) is 0 Å². The van der Waals surface area contributed by atoms with E-state index in [4.69, 9.17) is 30.6 Å². The predicted octanol–water partition coefficient (Wildman–Crippen LogP) is -14.4. The van der Waals surface area contributed by atoms with Crippen LogP contribution in [-0.2, 0) is 28.8 Å². The van der Waals surface area contributed by atoms with Crippen LogP contribution in [0, 0.1) is 98.8 Å². The second kappa shape index (κ2) is 21.3. The summed E-state index contributed by atoms with van der Waals surface area (Å²) >= 11 is 0. The second-order valence-electron chi connectivity index (χ2n) is 4.58. The van der Waals surface area contributed by atoms with Crippen LogP contribution in [0.15, 0.2) is 0 Å². The average molecular weight is 748 g/mol. The van der Waals surface area contributed by atoms with E-state index in [1.54, 1.807) is 0 Å². The minimum Gasteiger partial charge on any atom is -0.547 e. The molecule has 0 heterocycles. The molecule has 0 aromatic rings. The summed E-state index contributed by atoms with van der Waals surface area (Å²) < 4.78 is 0. The molecule has 6 atom stereocenters. The molecule has 18 nitrogen and oxygen atoms in total. The van der Waals surface area contributed by atoms with Crippen molar-refractivity contribution in [2.75, 3.05) is 0 Å². The number of hydrogen-bond acceptors (Lipinski definition) is 18. The van der Waals surface area contributed by atoms with E-state index in [-0.39, 0.29) is 98.8 Å². The van der Waals surface area contributed by atoms with Crippen molar-refractivity contribution in [1.82, 2.24) is 0 Å². The first kappa shape index (κ1) is 42.0. The molecule has 0 saturated carbocycles. The Morgan fingerprint density at radius 1 is 0.344 bits per heavy atom. The van der Waals surface area contributed by atoms with E-state index in [2.05, 4.69) is 0 Å². The Balaban J connectivity index is -0.000000110. The number of aliphatic hydroxyl groups excluding tert-OH is 6.